The molecule has 0 aliphatic carbocycles. The van der Waals surface area contributed by atoms with Crippen LogP contribution in [-0.4, -0.2) is 12.6 Å². The standard InChI is InChI=1S/C17H17NO2/c1-2-20-17(19)14-9-10-16-13(11-14)8-7-12-5-3-4-6-15(12)18-16/h3-6,9-11,18H,2,7-8H2,1H3. The molecule has 0 fully saturated rings. The predicted molar refractivity (Wildman–Crippen MR) is 79.5 cm³/mol. The molecule has 0 saturated heterocycles. The zero-order valence-electron chi connectivity index (χ0n) is 11.5. The quantitative estimate of drug-likeness (QED) is 0.843. The largest absolute Gasteiger partial charge is 0.462 e. The Balaban J connectivity index is 1.93. The van der Waals surface area contributed by atoms with Gasteiger partial charge in [0, 0.05) is 11.4 Å². The first kappa shape index (κ1) is 12.7. The maximum atomic E-state index is 11.8. The second kappa shape index (κ2) is 5.37. The zero-order valence-corrected chi connectivity index (χ0v) is 11.5. The molecular formula is C17H17NO2. The SMILES string of the molecule is CCOC(=O)c1ccc2c(c1)CCc1ccccc1N2. The Hall–Kier alpha value is -2.29. The summed E-state index contributed by atoms with van der Waals surface area (Å²) in [4.78, 5) is 11.8. The van der Waals surface area contributed by atoms with E-state index in [4.69, 9.17) is 4.74 Å². The highest BCUT2D eigenvalue weighted by atomic mass is 16.5. The maximum Gasteiger partial charge on any atom is 0.338 e. The summed E-state index contributed by atoms with van der Waals surface area (Å²) in [6.07, 6.45) is 1.90. The third-order valence-electron chi connectivity index (χ3n) is 3.57. The van der Waals surface area contributed by atoms with Gasteiger partial charge in [-0.05, 0) is 55.2 Å². The van der Waals surface area contributed by atoms with Crippen LogP contribution in [0.25, 0.3) is 0 Å². The molecule has 3 rings (SSSR count). The van der Waals surface area contributed by atoms with Gasteiger partial charge in [0.1, 0.15) is 0 Å². The van der Waals surface area contributed by atoms with E-state index in [1.54, 1.807) is 0 Å². The predicted octanol–water partition coefficient (Wildman–Crippen LogP) is 3.71. The van der Waals surface area contributed by atoms with Gasteiger partial charge in [-0.3, -0.25) is 0 Å². The number of anilines is 2. The number of hydrogen-bond acceptors (Lipinski definition) is 3. The Kier molecular flexibility index (Phi) is 3.42. The van der Waals surface area contributed by atoms with Crippen LogP contribution in [0.2, 0.25) is 0 Å². The van der Waals surface area contributed by atoms with Gasteiger partial charge in [0.2, 0.25) is 0 Å². The average Bonchev–Trinajstić information content (AvgIpc) is 2.65. The monoisotopic (exact) mass is 267 g/mol. The van der Waals surface area contributed by atoms with Crippen LogP contribution in [0.3, 0.4) is 0 Å². The highest BCUT2D eigenvalue weighted by Crippen LogP contribution is 2.30. The fourth-order valence-corrected chi connectivity index (χ4v) is 2.54. The summed E-state index contributed by atoms with van der Waals surface area (Å²) in [6.45, 7) is 2.22. The van der Waals surface area contributed by atoms with Gasteiger partial charge in [-0.15, -0.1) is 0 Å². The van der Waals surface area contributed by atoms with E-state index in [-0.39, 0.29) is 5.97 Å². The average molecular weight is 267 g/mol. The van der Waals surface area contributed by atoms with Gasteiger partial charge in [-0.2, -0.15) is 0 Å². The lowest BCUT2D eigenvalue weighted by molar-refractivity contribution is 0.0526. The van der Waals surface area contributed by atoms with E-state index in [2.05, 4.69) is 23.5 Å². The summed E-state index contributed by atoms with van der Waals surface area (Å²) in [5.41, 5.74) is 5.31. The van der Waals surface area contributed by atoms with Gasteiger partial charge in [0.05, 0.1) is 12.2 Å². The van der Waals surface area contributed by atoms with Crippen molar-refractivity contribution < 1.29 is 9.53 Å². The van der Waals surface area contributed by atoms with Crippen molar-refractivity contribution in [2.75, 3.05) is 11.9 Å². The first-order valence-electron chi connectivity index (χ1n) is 6.93. The summed E-state index contributed by atoms with van der Waals surface area (Å²) in [6, 6.07) is 14.0. The zero-order chi connectivity index (χ0) is 13.9. The Labute approximate surface area is 118 Å². The fourth-order valence-electron chi connectivity index (χ4n) is 2.54. The number of carbonyl (C=O) groups excluding carboxylic acids is 1. The molecule has 0 bridgehead atoms. The minimum absolute atomic E-state index is 0.253. The summed E-state index contributed by atoms with van der Waals surface area (Å²) in [7, 11) is 0. The van der Waals surface area contributed by atoms with Crippen LogP contribution in [0.4, 0.5) is 11.4 Å². The molecule has 1 N–H and O–H groups in total. The first-order valence-corrected chi connectivity index (χ1v) is 6.93. The second-order valence-corrected chi connectivity index (χ2v) is 4.87. The molecule has 1 aliphatic heterocycles. The number of aryl methyl sites for hydroxylation is 2. The lowest BCUT2D eigenvalue weighted by atomic mass is 10.0. The maximum absolute atomic E-state index is 11.8. The Morgan fingerprint density at radius 2 is 1.85 bits per heavy atom. The lowest BCUT2D eigenvalue weighted by Gasteiger charge is -2.10. The van der Waals surface area contributed by atoms with Crippen LogP contribution < -0.4 is 5.32 Å². The van der Waals surface area contributed by atoms with E-state index >= 15 is 0 Å². The molecule has 0 spiro atoms. The van der Waals surface area contributed by atoms with Gasteiger partial charge in [-0.25, -0.2) is 4.79 Å². The summed E-state index contributed by atoms with van der Waals surface area (Å²) in [5, 5.41) is 3.45. The third kappa shape index (κ3) is 2.39. The molecule has 0 unspecified atom stereocenters. The second-order valence-electron chi connectivity index (χ2n) is 4.87. The number of esters is 1. The van der Waals surface area contributed by atoms with E-state index in [0.29, 0.717) is 12.2 Å². The van der Waals surface area contributed by atoms with E-state index in [9.17, 15) is 4.79 Å². The number of fused-ring (bicyclic) bond motifs is 2. The number of para-hydroxylation sites is 1. The van der Waals surface area contributed by atoms with Crippen LogP contribution >= 0.6 is 0 Å². The highest BCUT2D eigenvalue weighted by Gasteiger charge is 2.15. The third-order valence-corrected chi connectivity index (χ3v) is 3.57. The van der Waals surface area contributed by atoms with Crippen molar-refractivity contribution in [1.29, 1.82) is 0 Å². The van der Waals surface area contributed by atoms with E-state index in [1.807, 2.05) is 31.2 Å². The number of benzene rings is 2. The smallest absolute Gasteiger partial charge is 0.338 e. The number of ether oxygens (including phenoxy) is 1. The molecule has 0 atom stereocenters. The summed E-state index contributed by atoms with van der Waals surface area (Å²) >= 11 is 0. The number of hydrogen-bond donors (Lipinski definition) is 1. The van der Waals surface area contributed by atoms with Crippen molar-refractivity contribution in [2.45, 2.75) is 19.8 Å². The highest BCUT2D eigenvalue weighted by molar-refractivity contribution is 5.90. The van der Waals surface area contributed by atoms with Gasteiger partial charge in [-0.1, -0.05) is 18.2 Å². The molecule has 3 nitrogen and oxygen atoms in total. The van der Waals surface area contributed by atoms with Gasteiger partial charge in [0.25, 0.3) is 0 Å². The number of nitrogens with one attached hydrogen (secondary N) is 1. The van der Waals surface area contributed by atoms with Crippen molar-refractivity contribution in [1.82, 2.24) is 0 Å². The molecule has 1 heterocycles. The number of carbonyl (C=O) groups is 1. The molecule has 2 aromatic rings. The van der Waals surface area contributed by atoms with Gasteiger partial charge >= 0.3 is 5.97 Å². The Morgan fingerprint density at radius 1 is 1.10 bits per heavy atom. The minimum atomic E-state index is -0.253. The van der Waals surface area contributed by atoms with Crippen LogP contribution in [0.15, 0.2) is 42.5 Å². The van der Waals surface area contributed by atoms with Crippen molar-refractivity contribution in [3.05, 3.63) is 59.2 Å². The van der Waals surface area contributed by atoms with Gasteiger partial charge < -0.3 is 10.1 Å². The van der Waals surface area contributed by atoms with Crippen LogP contribution in [0, 0.1) is 0 Å². The minimum Gasteiger partial charge on any atom is -0.462 e. The van der Waals surface area contributed by atoms with E-state index in [0.717, 1.165) is 29.8 Å². The van der Waals surface area contributed by atoms with Gasteiger partial charge in [0.15, 0.2) is 0 Å². The topological polar surface area (TPSA) is 38.3 Å². The summed E-state index contributed by atoms with van der Waals surface area (Å²) in [5.74, 6) is -0.253. The van der Waals surface area contributed by atoms with Crippen molar-refractivity contribution in [2.24, 2.45) is 0 Å². The molecule has 0 aromatic heterocycles. The van der Waals surface area contributed by atoms with Crippen LogP contribution in [0.1, 0.15) is 28.4 Å². The molecule has 0 saturated carbocycles. The molecule has 1 aliphatic rings. The Morgan fingerprint density at radius 3 is 2.70 bits per heavy atom. The molecule has 2 aromatic carbocycles. The molecule has 0 amide bonds. The number of rotatable bonds is 2. The van der Waals surface area contributed by atoms with Crippen LogP contribution in [-0.2, 0) is 17.6 Å². The molecular weight excluding hydrogens is 250 g/mol. The first-order chi connectivity index (χ1) is 9.78. The van der Waals surface area contributed by atoms with Crippen molar-refractivity contribution in [3.63, 3.8) is 0 Å². The van der Waals surface area contributed by atoms with E-state index < -0.39 is 0 Å². The van der Waals surface area contributed by atoms with E-state index in [1.165, 1.54) is 5.56 Å². The normalized spacial score (nSPS) is 12.7. The molecule has 3 heteroatoms. The molecule has 20 heavy (non-hydrogen) atoms. The Bertz CT molecular complexity index is 649. The fraction of sp³-hybridized carbons (Fsp3) is 0.235. The van der Waals surface area contributed by atoms with Crippen molar-refractivity contribution >= 4 is 17.3 Å². The lowest BCUT2D eigenvalue weighted by Crippen LogP contribution is -2.06. The molecule has 0 radical (unpaired) electrons. The summed E-state index contributed by atoms with van der Waals surface area (Å²) < 4.78 is 5.05. The van der Waals surface area contributed by atoms with Crippen molar-refractivity contribution in [3.8, 4) is 0 Å². The molecule has 102 valence electrons. The van der Waals surface area contributed by atoms with Crippen LogP contribution in [0.5, 0.6) is 0 Å².